The van der Waals surface area contributed by atoms with E-state index in [9.17, 15) is 14.7 Å². The van der Waals surface area contributed by atoms with Crippen LogP contribution in [0, 0.1) is 0 Å². The Morgan fingerprint density at radius 2 is 1.80 bits per heavy atom. The molecular formula is C18H27NO6. The van der Waals surface area contributed by atoms with Crippen LogP contribution in [0.4, 0.5) is 4.79 Å². The Hall–Kier alpha value is -2.28. The van der Waals surface area contributed by atoms with Gasteiger partial charge in [0.05, 0.1) is 19.8 Å². The van der Waals surface area contributed by atoms with Crippen molar-refractivity contribution in [3.05, 3.63) is 29.8 Å². The molecule has 0 saturated carbocycles. The molecular weight excluding hydrogens is 326 g/mol. The molecule has 140 valence electrons. The molecule has 0 heterocycles. The summed E-state index contributed by atoms with van der Waals surface area (Å²) in [7, 11) is 1.55. The summed E-state index contributed by atoms with van der Waals surface area (Å²) in [6.45, 7) is 7.08. The first kappa shape index (κ1) is 20.8. The van der Waals surface area contributed by atoms with E-state index in [4.69, 9.17) is 14.2 Å². The van der Waals surface area contributed by atoms with Crippen LogP contribution in [0.25, 0.3) is 0 Å². The van der Waals surface area contributed by atoms with Crippen molar-refractivity contribution in [2.45, 2.75) is 51.9 Å². The van der Waals surface area contributed by atoms with Crippen LogP contribution in [0.3, 0.4) is 0 Å². The van der Waals surface area contributed by atoms with Crippen molar-refractivity contribution in [3.63, 3.8) is 0 Å². The molecule has 0 spiro atoms. The van der Waals surface area contributed by atoms with Gasteiger partial charge in [-0.3, -0.25) is 0 Å². The van der Waals surface area contributed by atoms with E-state index in [1.807, 2.05) is 0 Å². The number of carbonyl (C=O) groups is 2. The molecule has 1 aromatic rings. The molecule has 7 nitrogen and oxygen atoms in total. The molecule has 1 amide bonds. The van der Waals surface area contributed by atoms with Gasteiger partial charge in [-0.1, -0.05) is 12.1 Å². The van der Waals surface area contributed by atoms with E-state index < -0.39 is 29.8 Å². The highest BCUT2D eigenvalue weighted by molar-refractivity contribution is 5.74. The van der Waals surface area contributed by atoms with Crippen LogP contribution in [0.1, 0.15) is 45.7 Å². The Balaban J connectivity index is 2.92. The van der Waals surface area contributed by atoms with Crippen molar-refractivity contribution in [1.82, 2.24) is 5.32 Å². The largest absolute Gasteiger partial charge is 0.497 e. The third-order valence-corrected chi connectivity index (χ3v) is 3.23. The smallest absolute Gasteiger partial charge is 0.408 e. The van der Waals surface area contributed by atoms with Gasteiger partial charge in [-0.05, 0) is 45.4 Å². The lowest BCUT2D eigenvalue weighted by atomic mass is 10.0. The van der Waals surface area contributed by atoms with Crippen molar-refractivity contribution in [3.8, 4) is 5.75 Å². The number of methoxy groups -OCH3 is 1. The zero-order chi connectivity index (χ0) is 19.0. The molecule has 2 atom stereocenters. The highest BCUT2D eigenvalue weighted by Crippen LogP contribution is 2.23. The molecule has 0 saturated heterocycles. The number of amides is 1. The van der Waals surface area contributed by atoms with E-state index in [0.29, 0.717) is 11.3 Å². The van der Waals surface area contributed by atoms with Crippen LogP contribution in [0.15, 0.2) is 24.3 Å². The first-order valence-electron chi connectivity index (χ1n) is 8.14. The summed E-state index contributed by atoms with van der Waals surface area (Å²) in [4.78, 5) is 23.8. The first-order chi connectivity index (χ1) is 11.7. The average Bonchev–Trinajstić information content (AvgIpc) is 2.52. The zero-order valence-electron chi connectivity index (χ0n) is 15.4. The van der Waals surface area contributed by atoms with E-state index >= 15 is 0 Å². The second-order valence-electron chi connectivity index (χ2n) is 6.48. The molecule has 1 aromatic carbocycles. The Morgan fingerprint density at radius 3 is 2.28 bits per heavy atom. The van der Waals surface area contributed by atoms with Crippen LogP contribution < -0.4 is 10.1 Å². The Labute approximate surface area is 148 Å². The number of aliphatic hydroxyl groups is 1. The maximum absolute atomic E-state index is 12.1. The van der Waals surface area contributed by atoms with E-state index in [-0.39, 0.29) is 13.0 Å². The van der Waals surface area contributed by atoms with Crippen LogP contribution in [0.5, 0.6) is 5.75 Å². The fourth-order valence-corrected chi connectivity index (χ4v) is 2.12. The summed E-state index contributed by atoms with van der Waals surface area (Å²) in [5, 5.41) is 12.7. The predicted octanol–water partition coefficient (Wildman–Crippen LogP) is 2.58. The van der Waals surface area contributed by atoms with Gasteiger partial charge in [-0.2, -0.15) is 0 Å². The van der Waals surface area contributed by atoms with Crippen LogP contribution >= 0.6 is 0 Å². The number of benzene rings is 1. The minimum Gasteiger partial charge on any atom is -0.497 e. The SMILES string of the molecule is CCOC(=O)[C@H](O)C[C@H](NC(=O)OC(C)(C)C)c1ccc(OC)cc1. The number of hydrogen-bond donors (Lipinski definition) is 2. The van der Waals surface area contributed by atoms with Gasteiger partial charge in [-0.25, -0.2) is 9.59 Å². The number of esters is 1. The molecule has 0 aliphatic carbocycles. The number of carbonyl (C=O) groups excluding carboxylic acids is 2. The number of nitrogens with one attached hydrogen (secondary N) is 1. The third kappa shape index (κ3) is 7.43. The molecule has 0 fully saturated rings. The molecule has 1 rings (SSSR count). The van der Waals surface area contributed by atoms with Crippen molar-refractivity contribution >= 4 is 12.1 Å². The highest BCUT2D eigenvalue weighted by Gasteiger charge is 2.26. The molecule has 0 aliphatic rings. The van der Waals surface area contributed by atoms with Crippen LogP contribution in [-0.2, 0) is 14.3 Å². The number of ether oxygens (including phenoxy) is 3. The topological polar surface area (TPSA) is 94.1 Å². The molecule has 0 radical (unpaired) electrons. The highest BCUT2D eigenvalue weighted by atomic mass is 16.6. The number of alkyl carbamates (subject to hydrolysis) is 1. The average molecular weight is 353 g/mol. The van der Waals surface area contributed by atoms with Gasteiger partial charge in [0.2, 0.25) is 0 Å². The monoisotopic (exact) mass is 353 g/mol. The fourth-order valence-electron chi connectivity index (χ4n) is 2.12. The maximum Gasteiger partial charge on any atom is 0.408 e. The van der Waals surface area contributed by atoms with Crippen LogP contribution in [-0.4, -0.2) is 42.6 Å². The number of hydrogen-bond acceptors (Lipinski definition) is 6. The molecule has 0 unspecified atom stereocenters. The fraction of sp³-hybridized carbons (Fsp3) is 0.556. The second-order valence-corrected chi connectivity index (χ2v) is 6.48. The van der Waals surface area contributed by atoms with Crippen molar-refractivity contribution in [2.75, 3.05) is 13.7 Å². The zero-order valence-corrected chi connectivity index (χ0v) is 15.4. The number of rotatable bonds is 7. The lowest BCUT2D eigenvalue weighted by molar-refractivity contribution is -0.153. The summed E-state index contributed by atoms with van der Waals surface area (Å²) in [5.74, 6) is -0.0716. The Bertz CT molecular complexity index is 564. The Kier molecular flexibility index (Phi) is 7.70. The van der Waals surface area contributed by atoms with E-state index in [1.54, 1.807) is 59.1 Å². The lowest BCUT2D eigenvalue weighted by Gasteiger charge is -2.25. The standard InChI is InChI=1S/C18H27NO6/c1-6-24-16(21)15(20)11-14(19-17(22)25-18(2,3)4)12-7-9-13(23-5)10-8-12/h7-10,14-15,20H,6,11H2,1-5H3,(H,19,22)/t14-,15+/m0/s1. The summed E-state index contributed by atoms with van der Waals surface area (Å²) in [5.41, 5.74) is 0.0453. The molecule has 25 heavy (non-hydrogen) atoms. The summed E-state index contributed by atoms with van der Waals surface area (Å²) in [6, 6.07) is 6.34. The van der Waals surface area contributed by atoms with Gasteiger partial charge in [0.25, 0.3) is 0 Å². The first-order valence-corrected chi connectivity index (χ1v) is 8.14. The molecule has 0 aliphatic heterocycles. The van der Waals surface area contributed by atoms with Gasteiger partial charge in [-0.15, -0.1) is 0 Å². The van der Waals surface area contributed by atoms with Crippen molar-refractivity contribution < 1.29 is 28.9 Å². The lowest BCUT2D eigenvalue weighted by Crippen LogP contribution is -2.37. The molecule has 7 heteroatoms. The van der Waals surface area contributed by atoms with Gasteiger partial charge >= 0.3 is 12.1 Å². The number of aliphatic hydroxyl groups excluding tert-OH is 1. The Morgan fingerprint density at radius 1 is 1.20 bits per heavy atom. The summed E-state index contributed by atoms with van der Waals surface area (Å²) >= 11 is 0. The third-order valence-electron chi connectivity index (χ3n) is 3.23. The quantitative estimate of drug-likeness (QED) is 0.732. The van der Waals surface area contributed by atoms with Gasteiger partial charge in [0, 0.05) is 6.42 Å². The molecule has 0 bridgehead atoms. The van der Waals surface area contributed by atoms with E-state index in [2.05, 4.69) is 5.32 Å². The summed E-state index contributed by atoms with van der Waals surface area (Å²) in [6.07, 6.45) is -2.03. The van der Waals surface area contributed by atoms with Gasteiger partial charge < -0.3 is 24.6 Å². The summed E-state index contributed by atoms with van der Waals surface area (Å²) < 4.78 is 15.2. The van der Waals surface area contributed by atoms with E-state index in [1.165, 1.54) is 0 Å². The van der Waals surface area contributed by atoms with Gasteiger partial charge in [0.15, 0.2) is 6.10 Å². The second kappa shape index (κ2) is 9.27. The minimum atomic E-state index is -1.36. The van der Waals surface area contributed by atoms with Crippen molar-refractivity contribution in [1.29, 1.82) is 0 Å². The molecule has 0 aromatic heterocycles. The van der Waals surface area contributed by atoms with Crippen LogP contribution in [0.2, 0.25) is 0 Å². The molecule has 2 N–H and O–H groups in total. The minimum absolute atomic E-state index is 0.0373. The maximum atomic E-state index is 12.1. The van der Waals surface area contributed by atoms with Crippen molar-refractivity contribution in [2.24, 2.45) is 0 Å². The normalized spacial score (nSPS) is 13.5. The van der Waals surface area contributed by atoms with Gasteiger partial charge in [0.1, 0.15) is 11.4 Å². The predicted molar refractivity (Wildman–Crippen MR) is 92.4 cm³/mol. The van der Waals surface area contributed by atoms with E-state index in [0.717, 1.165) is 0 Å².